The molecule has 4 aromatic rings. The first-order chi connectivity index (χ1) is 42.1. The van der Waals surface area contributed by atoms with Crippen LogP contribution in [0.2, 0.25) is 0 Å². The molecular weight excluding hydrogens is 1160 g/mol. The van der Waals surface area contributed by atoms with Crippen LogP contribution in [-0.2, 0) is 62.3 Å². The Morgan fingerprint density at radius 2 is 0.867 bits per heavy atom. The summed E-state index contributed by atoms with van der Waals surface area (Å²) in [5.41, 5.74) is 9.68. The summed E-state index contributed by atoms with van der Waals surface area (Å²) in [6, 6.07) is 14.6. The Bertz CT molecular complexity index is 2970. The predicted octanol–water partition coefficient (Wildman–Crippen LogP) is 10.7. The highest BCUT2D eigenvalue weighted by Crippen LogP contribution is 2.33. The molecule has 0 aromatic carbocycles. The number of carbonyl (C=O) groups is 5. The number of hydrogen-bond donors (Lipinski definition) is 4. The van der Waals surface area contributed by atoms with Crippen molar-refractivity contribution in [2.24, 2.45) is 0 Å². The summed E-state index contributed by atoms with van der Waals surface area (Å²) in [5, 5.41) is 14.8. The van der Waals surface area contributed by atoms with Gasteiger partial charge < -0.3 is 63.3 Å². The maximum atomic E-state index is 12.8. The van der Waals surface area contributed by atoms with Crippen molar-refractivity contribution in [2.45, 2.75) is 175 Å². The minimum Gasteiger partial charge on any atom is -0.464 e. The number of pyridine rings is 4. The molecule has 4 atom stereocenters. The lowest BCUT2D eigenvalue weighted by molar-refractivity contribution is 0.0423. The molecule has 4 aromatic heterocycles. The van der Waals surface area contributed by atoms with E-state index in [4.69, 9.17) is 48.4 Å². The van der Waals surface area contributed by atoms with Gasteiger partial charge in [0.25, 0.3) is 0 Å². The summed E-state index contributed by atoms with van der Waals surface area (Å²) >= 11 is 0. The summed E-state index contributed by atoms with van der Waals surface area (Å²) < 4.78 is 47.7. The molecule has 25 nitrogen and oxygen atoms in total. The number of anilines is 4. The number of nitrogens with zero attached hydrogens (tertiary/aromatic N) is 7. The standard InChI is InChI=1S/C21H30N2O7.C17H27N3O3.C15H22N2O4.C12H19N3O/c1-20(2,3)29-18(25)23(19(26)30-21(4,5)6)15-9-8-14(13-10-11-28-12-13)16(22-15)17(24)27-7;1-17(2,3)23-16(21)19-15-7-6-13(12-8-9-22-11-12)14(18-15)10-20(4)5;1-15(2,3)21-14(19)17-13-5-4-11(12(8-18)16-13)10-6-7-20-9-10;1-15(2)7-11-10(3-4-12(13)14-11)9-5-6-16-8-9/h8-9,13H,10-12H2,1-7H3;6-7,12H,8-11H2,1-5H3,(H,18,19,21);4-5,10,18H,6-9H2,1-3H3,(H,16,17,19);3-4,9H,5-8H2,1-2H3,(H2,13,14). The maximum Gasteiger partial charge on any atom is 0.425 e. The highest BCUT2D eigenvalue weighted by molar-refractivity contribution is 6.09. The van der Waals surface area contributed by atoms with E-state index in [0.29, 0.717) is 65.3 Å². The Morgan fingerprint density at radius 1 is 0.511 bits per heavy atom. The molecule has 4 saturated heterocycles. The van der Waals surface area contributed by atoms with E-state index < -0.39 is 52.7 Å². The van der Waals surface area contributed by atoms with Crippen molar-refractivity contribution in [3.8, 4) is 0 Å². The third kappa shape index (κ3) is 24.6. The van der Waals surface area contributed by atoms with Gasteiger partial charge in [-0.05, 0) is 183 Å². The molecule has 4 aliphatic rings. The number of esters is 1. The number of amides is 4. The van der Waals surface area contributed by atoms with Crippen molar-refractivity contribution in [3.63, 3.8) is 0 Å². The topological polar surface area (TPSA) is 300 Å². The third-order valence-electron chi connectivity index (χ3n) is 13.5. The van der Waals surface area contributed by atoms with Gasteiger partial charge in [-0.15, -0.1) is 0 Å². The van der Waals surface area contributed by atoms with Gasteiger partial charge in [-0.1, -0.05) is 24.3 Å². The zero-order valence-corrected chi connectivity index (χ0v) is 55.9. The summed E-state index contributed by atoms with van der Waals surface area (Å²) in [6.45, 7) is 27.9. The highest BCUT2D eigenvalue weighted by atomic mass is 16.6. The molecule has 25 heteroatoms. The molecule has 0 spiro atoms. The SMILES string of the molecule is CC(C)(C)OC(=O)Nc1ccc(C2CCOC2)c(CO)n1.CN(C)Cc1nc(N)ccc1C1CCOC1.CN(C)Cc1nc(NC(=O)OC(C)(C)C)ccc1C1CCOC1.COC(=O)c1nc(N(C(=O)OC(C)(C)C)C(=O)OC(C)(C)C)ccc1C1CCOC1. The van der Waals surface area contributed by atoms with E-state index in [9.17, 15) is 29.1 Å². The van der Waals surface area contributed by atoms with Gasteiger partial charge in [0, 0.05) is 63.2 Å². The normalized spacial score (nSPS) is 18.2. The van der Waals surface area contributed by atoms with Crippen molar-refractivity contribution >= 4 is 53.6 Å². The minimum atomic E-state index is -0.961. The van der Waals surface area contributed by atoms with Crippen LogP contribution >= 0.6 is 0 Å². The zero-order chi connectivity index (χ0) is 66.7. The third-order valence-corrected chi connectivity index (χ3v) is 13.5. The molecule has 498 valence electrons. The fraction of sp³-hybridized carbons (Fsp3) is 0.615. The highest BCUT2D eigenvalue weighted by Gasteiger charge is 2.36. The molecule has 90 heavy (non-hydrogen) atoms. The van der Waals surface area contributed by atoms with Crippen molar-refractivity contribution in [1.29, 1.82) is 0 Å². The van der Waals surface area contributed by atoms with Gasteiger partial charge in [0.1, 0.15) is 45.7 Å². The van der Waals surface area contributed by atoms with Crippen LogP contribution in [0, 0.1) is 0 Å². The number of imide groups is 1. The summed E-state index contributed by atoms with van der Waals surface area (Å²) in [7, 11) is 9.33. The lowest BCUT2D eigenvalue weighted by atomic mass is 9.96. The number of methoxy groups -OCH3 is 1. The lowest BCUT2D eigenvalue weighted by Crippen LogP contribution is -2.44. The van der Waals surface area contributed by atoms with Crippen LogP contribution < -0.4 is 21.3 Å². The lowest BCUT2D eigenvalue weighted by Gasteiger charge is -2.28. The Balaban J connectivity index is 0.000000223. The quantitative estimate of drug-likeness (QED) is 0.0714. The number of ether oxygens (including phenoxy) is 9. The first kappa shape index (κ1) is 73.6. The van der Waals surface area contributed by atoms with Gasteiger partial charge in [0.2, 0.25) is 0 Å². The molecule has 4 amide bonds. The van der Waals surface area contributed by atoms with Gasteiger partial charge in [0.05, 0.1) is 57.2 Å². The number of rotatable bonds is 13. The van der Waals surface area contributed by atoms with E-state index in [0.717, 1.165) is 88.8 Å². The van der Waals surface area contributed by atoms with E-state index in [2.05, 4.69) is 46.4 Å². The van der Waals surface area contributed by atoms with Crippen molar-refractivity contribution < 1.29 is 71.7 Å². The predicted molar refractivity (Wildman–Crippen MR) is 341 cm³/mol. The van der Waals surface area contributed by atoms with Crippen molar-refractivity contribution in [3.05, 3.63) is 93.6 Å². The average molecular weight is 1260 g/mol. The molecule has 8 rings (SSSR count). The Morgan fingerprint density at radius 3 is 1.22 bits per heavy atom. The van der Waals surface area contributed by atoms with E-state index in [1.807, 2.05) is 73.2 Å². The molecule has 0 radical (unpaired) electrons. The Kier molecular flexibility index (Phi) is 27.2. The van der Waals surface area contributed by atoms with Crippen LogP contribution in [0.15, 0.2) is 48.5 Å². The van der Waals surface area contributed by atoms with E-state index in [-0.39, 0.29) is 30.0 Å². The Labute approximate surface area is 530 Å². The summed E-state index contributed by atoms with van der Waals surface area (Å²) in [6.07, 6.45) is 0.788. The summed E-state index contributed by atoms with van der Waals surface area (Å²) in [5.74, 6) is 1.81. The van der Waals surface area contributed by atoms with Crippen LogP contribution in [-0.4, -0.2) is 176 Å². The van der Waals surface area contributed by atoms with Gasteiger partial charge in [-0.3, -0.25) is 10.6 Å². The van der Waals surface area contributed by atoms with Crippen molar-refractivity contribution in [1.82, 2.24) is 29.7 Å². The zero-order valence-electron chi connectivity index (χ0n) is 55.9. The largest absolute Gasteiger partial charge is 0.464 e. The molecule has 4 unspecified atom stereocenters. The Hall–Kier alpha value is -7.13. The second-order valence-electron chi connectivity index (χ2n) is 26.8. The first-order valence-electron chi connectivity index (χ1n) is 30.4. The van der Waals surface area contributed by atoms with E-state index in [1.54, 1.807) is 74.4 Å². The molecule has 8 heterocycles. The fourth-order valence-corrected chi connectivity index (χ4v) is 9.77. The number of nitrogens with one attached hydrogen (secondary N) is 2. The van der Waals surface area contributed by atoms with Gasteiger partial charge in [-0.2, -0.15) is 4.90 Å². The van der Waals surface area contributed by atoms with Crippen LogP contribution in [0.25, 0.3) is 0 Å². The van der Waals surface area contributed by atoms with E-state index in [1.165, 1.54) is 24.3 Å². The van der Waals surface area contributed by atoms with Crippen LogP contribution in [0.5, 0.6) is 0 Å². The van der Waals surface area contributed by atoms with Crippen LogP contribution in [0.4, 0.5) is 42.4 Å². The smallest absolute Gasteiger partial charge is 0.425 e. The molecule has 4 aliphatic heterocycles. The number of aromatic nitrogens is 4. The fourth-order valence-electron chi connectivity index (χ4n) is 9.77. The molecule has 0 aliphatic carbocycles. The minimum absolute atomic E-state index is 0.0163. The maximum absolute atomic E-state index is 12.8. The van der Waals surface area contributed by atoms with Gasteiger partial charge in [-0.25, -0.2) is 43.9 Å². The molecule has 4 fully saturated rings. The number of aliphatic hydroxyl groups excluding tert-OH is 1. The number of hydrogen-bond acceptors (Lipinski definition) is 22. The van der Waals surface area contributed by atoms with Gasteiger partial charge >= 0.3 is 30.3 Å². The van der Waals surface area contributed by atoms with Gasteiger partial charge in [0.15, 0.2) is 5.69 Å². The van der Waals surface area contributed by atoms with Crippen LogP contribution in [0.1, 0.15) is 182 Å². The first-order valence-corrected chi connectivity index (χ1v) is 30.4. The second kappa shape index (κ2) is 33.3. The van der Waals surface area contributed by atoms with E-state index >= 15 is 0 Å². The monoisotopic (exact) mass is 1260 g/mol. The second-order valence-corrected chi connectivity index (χ2v) is 26.8. The number of nitrogen functional groups attached to an aromatic ring is 1. The molecule has 5 N–H and O–H groups in total. The summed E-state index contributed by atoms with van der Waals surface area (Å²) in [4.78, 5) is 84.1. The average Bonchev–Trinajstić information content (AvgIpc) is 1.65. The number of aliphatic hydroxyl groups is 1. The number of carbonyl (C=O) groups excluding carboxylic acids is 5. The van der Waals surface area contributed by atoms with Crippen molar-refractivity contribution in [2.75, 3.05) is 109 Å². The molecule has 0 bridgehead atoms. The van der Waals surface area contributed by atoms with Crippen LogP contribution in [0.3, 0.4) is 0 Å². The number of nitrogens with two attached hydrogens (primary N) is 1. The molecule has 0 saturated carbocycles. The molecular formula is C65H98N10O15.